The molecule has 1 rings (SSSR count). The second-order valence-electron chi connectivity index (χ2n) is 3.44. The molecule has 0 unspecified atom stereocenters. The van der Waals surface area contributed by atoms with Gasteiger partial charge >= 0.3 is 0 Å². The number of anilines is 1. The second-order valence-corrected chi connectivity index (χ2v) is 3.44. The van der Waals surface area contributed by atoms with Crippen LogP contribution < -0.4 is 11.0 Å². The summed E-state index contributed by atoms with van der Waals surface area (Å²) in [6, 6.07) is 1.44. The molecule has 0 saturated heterocycles. The van der Waals surface area contributed by atoms with Crippen LogP contribution in [0.15, 0.2) is 16.0 Å². The molecule has 0 atom stereocenters. The molecule has 5 heteroatoms. The van der Waals surface area contributed by atoms with Crippen LogP contribution in [0.5, 0.6) is 0 Å². The van der Waals surface area contributed by atoms with Gasteiger partial charge in [-0.3, -0.25) is 9.78 Å². The van der Waals surface area contributed by atoms with Crippen molar-refractivity contribution in [2.45, 2.75) is 33.6 Å². The van der Waals surface area contributed by atoms with Gasteiger partial charge in [-0.15, -0.1) is 0 Å². The number of hydrogen-bond acceptors (Lipinski definition) is 4. The third kappa shape index (κ3) is 3.93. The van der Waals surface area contributed by atoms with E-state index in [1.807, 2.05) is 6.92 Å². The molecule has 0 aliphatic carbocycles. The molecule has 1 aromatic heterocycles. The SMILES string of the molecule is CCCC(C)=NNc1nc(C)cc(=O)[nH]1. The van der Waals surface area contributed by atoms with Crippen molar-refractivity contribution in [1.29, 1.82) is 0 Å². The molecule has 0 bridgehead atoms. The topological polar surface area (TPSA) is 70.1 Å². The van der Waals surface area contributed by atoms with E-state index in [-0.39, 0.29) is 5.56 Å². The summed E-state index contributed by atoms with van der Waals surface area (Å²) in [4.78, 5) is 17.8. The molecule has 1 heterocycles. The van der Waals surface area contributed by atoms with Crippen molar-refractivity contribution in [3.63, 3.8) is 0 Å². The van der Waals surface area contributed by atoms with Gasteiger partial charge in [0.1, 0.15) is 0 Å². The summed E-state index contributed by atoms with van der Waals surface area (Å²) in [5.74, 6) is 0.385. The molecular formula is C10H16N4O. The number of rotatable bonds is 4. The molecular weight excluding hydrogens is 192 g/mol. The highest BCUT2D eigenvalue weighted by molar-refractivity contribution is 5.82. The predicted octanol–water partition coefficient (Wildman–Crippen LogP) is 1.67. The molecule has 0 spiro atoms. The van der Waals surface area contributed by atoms with Crippen molar-refractivity contribution in [2.75, 3.05) is 5.43 Å². The zero-order valence-corrected chi connectivity index (χ0v) is 9.29. The minimum atomic E-state index is -0.173. The normalized spacial score (nSPS) is 11.5. The summed E-state index contributed by atoms with van der Waals surface area (Å²) < 4.78 is 0. The molecule has 0 aliphatic heterocycles. The number of aryl methyl sites for hydroxylation is 1. The fraction of sp³-hybridized carbons (Fsp3) is 0.500. The van der Waals surface area contributed by atoms with Crippen molar-refractivity contribution >= 4 is 11.7 Å². The maximum atomic E-state index is 11.1. The first-order valence-electron chi connectivity index (χ1n) is 4.99. The summed E-state index contributed by atoms with van der Waals surface area (Å²) in [6.45, 7) is 5.79. The van der Waals surface area contributed by atoms with E-state index in [1.54, 1.807) is 6.92 Å². The number of nitrogens with zero attached hydrogens (tertiary/aromatic N) is 2. The van der Waals surface area contributed by atoms with E-state index in [2.05, 4.69) is 27.4 Å². The molecule has 2 N–H and O–H groups in total. The van der Waals surface area contributed by atoms with E-state index in [1.165, 1.54) is 6.07 Å². The maximum absolute atomic E-state index is 11.1. The number of hydrazone groups is 1. The Hall–Kier alpha value is -1.65. The van der Waals surface area contributed by atoms with Crippen molar-refractivity contribution in [2.24, 2.45) is 5.10 Å². The summed E-state index contributed by atoms with van der Waals surface area (Å²) in [5, 5.41) is 4.10. The van der Waals surface area contributed by atoms with Gasteiger partial charge in [0, 0.05) is 17.5 Å². The number of aromatic nitrogens is 2. The van der Waals surface area contributed by atoms with Crippen molar-refractivity contribution < 1.29 is 0 Å². The Morgan fingerprint density at radius 1 is 1.67 bits per heavy atom. The molecule has 0 saturated carbocycles. The van der Waals surface area contributed by atoms with Gasteiger partial charge in [-0.25, -0.2) is 10.4 Å². The lowest BCUT2D eigenvalue weighted by atomic mass is 10.2. The van der Waals surface area contributed by atoms with E-state index in [9.17, 15) is 4.79 Å². The van der Waals surface area contributed by atoms with E-state index >= 15 is 0 Å². The molecule has 1 aromatic rings. The average Bonchev–Trinajstić information content (AvgIpc) is 2.14. The van der Waals surface area contributed by atoms with E-state index in [0.29, 0.717) is 11.6 Å². The van der Waals surface area contributed by atoms with Crippen LogP contribution in [0.2, 0.25) is 0 Å². The molecule has 82 valence electrons. The zero-order valence-electron chi connectivity index (χ0n) is 9.29. The molecule has 0 amide bonds. The molecule has 5 nitrogen and oxygen atoms in total. The Morgan fingerprint density at radius 3 is 3.00 bits per heavy atom. The lowest BCUT2D eigenvalue weighted by Crippen LogP contribution is -2.11. The van der Waals surface area contributed by atoms with Gasteiger partial charge in [0.05, 0.1) is 0 Å². The van der Waals surface area contributed by atoms with E-state index in [4.69, 9.17) is 0 Å². The number of H-pyrrole nitrogens is 1. The molecule has 0 radical (unpaired) electrons. The lowest BCUT2D eigenvalue weighted by molar-refractivity contribution is 0.975. The van der Waals surface area contributed by atoms with Crippen LogP contribution in [0, 0.1) is 6.92 Å². The summed E-state index contributed by atoms with van der Waals surface area (Å²) in [5.41, 5.74) is 4.22. The van der Waals surface area contributed by atoms with Crippen molar-refractivity contribution in [1.82, 2.24) is 9.97 Å². The second kappa shape index (κ2) is 5.29. The van der Waals surface area contributed by atoms with Gasteiger partial charge in [0.25, 0.3) is 5.56 Å². The molecule has 0 aromatic carbocycles. The summed E-state index contributed by atoms with van der Waals surface area (Å²) >= 11 is 0. The van der Waals surface area contributed by atoms with Gasteiger partial charge in [0.15, 0.2) is 0 Å². The van der Waals surface area contributed by atoms with Crippen LogP contribution >= 0.6 is 0 Å². The highest BCUT2D eigenvalue weighted by Gasteiger charge is 1.96. The van der Waals surface area contributed by atoms with Crippen LogP contribution in [0.25, 0.3) is 0 Å². The minimum Gasteiger partial charge on any atom is -0.291 e. The first kappa shape index (κ1) is 11.4. The van der Waals surface area contributed by atoms with Crippen molar-refractivity contribution in [3.8, 4) is 0 Å². The van der Waals surface area contributed by atoms with Gasteiger partial charge in [-0.05, 0) is 20.3 Å². The number of hydrogen-bond donors (Lipinski definition) is 2. The average molecular weight is 208 g/mol. The minimum absolute atomic E-state index is 0.173. The van der Waals surface area contributed by atoms with Gasteiger partial charge in [0.2, 0.25) is 5.95 Å². The Kier molecular flexibility index (Phi) is 4.03. The van der Waals surface area contributed by atoms with Crippen LogP contribution in [0.4, 0.5) is 5.95 Å². The van der Waals surface area contributed by atoms with Gasteiger partial charge in [-0.2, -0.15) is 5.10 Å². The third-order valence-electron chi connectivity index (χ3n) is 1.83. The van der Waals surface area contributed by atoms with Crippen LogP contribution in [0.1, 0.15) is 32.4 Å². The quantitative estimate of drug-likeness (QED) is 0.584. The number of nitrogens with one attached hydrogen (secondary N) is 2. The van der Waals surface area contributed by atoms with E-state index in [0.717, 1.165) is 18.6 Å². The van der Waals surface area contributed by atoms with Crippen molar-refractivity contribution in [3.05, 3.63) is 22.1 Å². The van der Waals surface area contributed by atoms with E-state index < -0.39 is 0 Å². The molecule has 15 heavy (non-hydrogen) atoms. The smallest absolute Gasteiger partial charge is 0.252 e. The third-order valence-corrected chi connectivity index (χ3v) is 1.83. The standard InChI is InChI=1S/C10H16N4O/c1-4-5-7(2)13-14-10-11-8(3)6-9(15)12-10/h6H,4-5H2,1-3H3,(H2,11,12,14,15). The Bertz CT molecular complexity index is 408. The fourth-order valence-electron chi connectivity index (χ4n) is 1.20. The lowest BCUT2D eigenvalue weighted by Gasteiger charge is -2.01. The van der Waals surface area contributed by atoms with Gasteiger partial charge in [-0.1, -0.05) is 13.3 Å². The summed E-state index contributed by atoms with van der Waals surface area (Å²) in [7, 11) is 0. The monoisotopic (exact) mass is 208 g/mol. The largest absolute Gasteiger partial charge is 0.291 e. The maximum Gasteiger partial charge on any atom is 0.252 e. The fourth-order valence-corrected chi connectivity index (χ4v) is 1.20. The highest BCUT2D eigenvalue weighted by atomic mass is 16.1. The Balaban J connectivity index is 2.73. The first-order chi connectivity index (χ1) is 7.11. The Morgan fingerprint density at radius 2 is 2.40 bits per heavy atom. The highest BCUT2D eigenvalue weighted by Crippen LogP contribution is 1.97. The summed E-state index contributed by atoms with van der Waals surface area (Å²) in [6.07, 6.45) is 1.98. The number of aromatic amines is 1. The Labute approximate surface area is 88.6 Å². The zero-order chi connectivity index (χ0) is 11.3. The van der Waals surface area contributed by atoms with Crippen LogP contribution in [0.3, 0.4) is 0 Å². The van der Waals surface area contributed by atoms with Gasteiger partial charge < -0.3 is 0 Å². The molecule has 0 aliphatic rings. The van der Waals surface area contributed by atoms with Crippen LogP contribution in [-0.4, -0.2) is 15.7 Å². The molecule has 0 fully saturated rings. The first-order valence-corrected chi connectivity index (χ1v) is 4.99. The predicted molar refractivity (Wildman–Crippen MR) is 61.2 cm³/mol. The van der Waals surface area contributed by atoms with Crippen LogP contribution in [-0.2, 0) is 0 Å².